The van der Waals surface area contributed by atoms with E-state index in [2.05, 4.69) is 5.16 Å². The molecule has 100 valence electrons. The minimum Gasteiger partial charge on any atom is -0.480 e. The zero-order chi connectivity index (χ0) is 13.8. The maximum absolute atomic E-state index is 11.6. The van der Waals surface area contributed by atoms with Crippen molar-refractivity contribution < 1.29 is 14.4 Å². The number of carboxylic acids is 1. The van der Waals surface area contributed by atoms with E-state index in [0.29, 0.717) is 17.7 Å². The van der Waals surface area contributed by atoms with Crippen molar-refractivity contribution >= 4 is 5.97 Å². The fourth-order valence-electron chi connectivity index (χ4n) is 1.80. The summed E-state index contributed by atoms with van der Waals surface area (Å²) in [6.45, 7) is 0. The lowest BCUT2D eigenvalue weighted by molar-refractivity contribution is -0.138. The average Bonchev–Trinajstić information content (AvgIpc) is 2.72. The third-order valence-corrected chi connectivity index (χ3v) is 2.83. The lowest BCUT2D eigenvalue weighted by Gasteiger charge is -2.05. The molecule has 0 spiro atoms. The van der Waals surface area contributed by atoms with Crippen LogP contribution in [0.5, 0.6) is 0 Å². The van der Waals surface area contributed by atoms with Crippen LogP contribution in [0.2, 0.25) is 0 Å². The number of H-pyrrole nitrogens is 1. The van der Waals surface area contributed by atoms with Crippen molar-refractivity contribution in [1.82, 2.24) is 5.16 Å². The summed E-state index contributed by atoms with van der Waals surface area (Å²) in [5.74, 6) is -0.723. The van der Waals surface area contributed by atoms with Crippen molar-refractivity contribution in [2.75, 3.05) is 0 Å². The van der Waals surface area contributed by atoms with E-state index in [-0.39, 0.29) is 6.42 Å². The maximum atomic E-state index is 11.6. The van der Waals surface area contributed by atoms with Gasteiger partial charge in [-0.25, -0.2) is 0 Å². The van der Waals surface area contributed by atoms with E-state index in [9.17, 15) is 9.59 Å². The smallest absolute Gasteiger partial charge is 0.320 e. The van der Waals surface area contributed by atoms with Gasteiger partial charge in [-0.2, -0.15) is 5.16 Å². The molecule has 0 saturated carbocycles. The molecule has 2 rings (SSSR count). The average molecular weight is 262 g/mol. The van der Waals surface area contributed by atoms with Crippen LogP contribution in [0.3, 0.4) is 0 Å². The minimum atomic E-state index is -1.15. The van der Waals surface area contributed by atoms with Gasteiger partial charge in [0.2, 0.25) is 0 Å². The molecule has 0 aliphatic carbocycles. The van der Waals surface area contributed by atoms with Crippen LogP contribution in [0.15, 0.2) is 39.6 Å². The molecule has 6 heteroatoms. The molecule has 1 aromatic heterocycles. The second-order valence-corrected chi connectivity index (χ2v) is 4.25. The highest BCUT2D eigenvalue weighted by Gasteiger charge is 2.20. The van der Waals surface area contributed by atoms with Crippen LogP contribution >= 0.6 is 0 Å². The largest absolute Gasteiger partial charge is 0.480 e. The third-order valence-electron chi connectivity index (χ3n) is 2.83. The van der Waals surface area contributed by atoms with Crippen LogP contribution in [0.25, 0.3) is 0 Å². The lowest BCUT2D eigenvalue weighted by Crippen LogP contribution is -2.34. The fraction of sp³-hybridized carbons (Fsp3) is 0.231. The Morgan fingerprint density at radius 3 is 2.68 bits per heavy atom. The topological polar surface area (TPSA) is 109 Å². The Kier molecular flexibility index (Phi) is 3.82. The highest BCUT2D eigenvalue weighted by molar-refractivity contribution is 5.73. The first-order valence-electron chi connectivity index (χ1n) is 5.79. The molecule has 0 saturated heterocycles. The number of nitrogens with one attached hydrogen (secondary N) is 1. The molecular formula is C13H14N2O4. The zero-order valence-electron chi connectivity index (χ0n) is 10.1. The molecule has 0 aliphatic heterocycles. The predicted octanol–water partition coefficient (Wildman–Crippen LogP) is 0.513. The van der Waals surface area contributed by atoms with Crippen LogP contribution in [-0.4, -0.2) is 22.3 Å². The standard InChI is InChI=1S/C13H14N2O4/c14-10(13(17)18)7-9-11(19-15-12(9)16)6-8-4-2-1-3-5-8/h1-5,10H,6-7,14H2,(H,15,16)(H,17,18)/t10-/m0/s1. The van der Waals surface area contributed by atoms with Gasteiger partial charge < -0.3 is 15.4 Å². The maximum Gasteiger partial charge on any atom is 0.320 e. The summed E-state index contributed by atoms with van der Waals surface area (Å²) >= 11 is 0. The highest BCUT2D eigenvalue weighted by Crippen LogP contribution is 2.12. The number of aliphatic carboxylic acids is 1. The Bertz CT molecular complexity index is 615. The molecule has 0 aliphatic rings. The molecular weight excluding hydrogens is 248 g/mol. The molecule has 0 fully saturated rings. The zero-order valence-corrected chi connectivity index (χ0v) is 10.1. The monoisotopic (exact) mass is 262 g/mol. The van der Waals surface area contributed by atoms with Crippen molar-refractivity contribution in [3.8, 4) is 0 Å². The van der Waals surface area contributed by atoms with E-state index < -0.39 is 17.6 Å². The molecule has 1 heterocycles. The van der Waals surface area contributed by atoms with Gasteiger partial charge in [0, 0.05) is 12.8 Å². The molecule has 4 N–H and O–H groups in total. The first-order valence-corrected chi connectivity index (χ1v) is 5.79. The number of aromatic amines is 1. The Labute approximate surface area is 108 Å². The predicted molar refractivity (Wildman–Crippen MR) is 67.9 cm³/mol. The van der Waals surface area contributed by atoms with Gasteiger partial charge in [-0.15, -0.1) is 0 Å². The van der Waals surface area contributed by atoms with E-state index in [1.54, 1.807) is 0 Å². The van der Waals surface area contributed by atoms with E-state index in [1.807, 2.05) is 30.3 Å². The first-order chi connectivity index (χ1) is 9.08. The van der Waals surface area contributed by atoms with Crippen LogP contribution in [-0.2, 0) is 17.6 Å². The molecule has 1 aromatic carbocycles. The number of hydrogen-bond donors (Lipinski definition) is 3. The van der Waals surface area contributed by atoms with Gasteiger partial charge >= 0.3 is 5.97 Å². The van der Waals surface area contributed by atoms with Crippen molar-refractivity contribution in [2.45, 2.75) is 18.9 Å². The summed E-state index contributed by atoms with van der Waals surface area (Å²) in [6, 6.07) is 8.32. The number of rotatable bonds is 5. The molecule has 19 heavy (non-hydrogen) atoms. The van der Waals surface area contributed by atoms with Gasteiger partial charge in [0.1, 0.15) is 11.8 Å². The summed E-state index contributed by atoms with van der Waals surface area (Å²) in [4.78, 5) is 22.3. The third kappa shape index (κ3) is 3.11. The normalized spacial score (nSPS) is 12.3. The number of nitrogens with two attached hydrogens (primary N) is 1. The quantitative estimate of drug-likeness (QED) is 0.727. The fourth-order valence-corrected chi connectivity index (χ4v) is 1.80. The molecule has 0 unspecified atom stereocenters. The second-order valence-electron chi connectivity index (χ2n) is 4.25. The van der Waals surface area contributed by atoms with Gasteiger partial charge in [0.15, 0.2) is 0 Å². The summed E-state index contributed by atoms with van der Waals surface area (Å²) in [6.07, 6.45) is 0.366. The summed E-state index contributed by atoms with van der Waals surface area (Å²) in [7, 11) is 0. The first kappa shape index (κ1) is 13.1. The van der Waals surface area contributed by atoms with Crippen LogP contribution < -0.4 is 11.3 Å². The van der Waals surface area contributed by atoms with Gasteiger partial charge in [-0.05, 0) is 5.56 Å². The number of aromatic nitrogens is 1. The Hall–Kier alpha value is -2.34. The van der Waals surface area contributed by atoms with Crippen molar-refractivity contribution in [1.29, 1.82) is 0 Å². The number of carboxylic acid groups (broad SMARTS) is 1. The molecule has 0 amide bonds. The summed E-state index contributed by atoms with van der Waals surface area (Å²) < 4.78 is 5.09. The molecule has 6 nitrogen and oxygen atoms in total. The van der Waals surface area contributed by atoms with Crippen LogP contribution in [0.4, 0.5) is 0 Å². The van der Waals surface area contributed by atoms with Gasteiger partial charge in [0.25, 0.3) is 5.56 Å². The van der Waals surface area contributed by atoms with E-state index in [1.165, 1.54) is 0 Å². The van der Waals surface area contributed by atoms with E-state index in [0.717, 1.165) is 5.56 Å². The molecule has 2 aromatic rings. The molecule has 1 atom stereocenters. The molecule has 0 bridgehead atoms. The summed E-state index contributed by atoms with van der Waals surface area (Å²) in [5.41, 5.74) is 6.28. The Morgan fingerprint density at radius 1 is 1.37 bits per heavy atom. The second kappa shape index (κ2) is 5.53. The lowest BCUT2D eigenvalue weighted by atomic mass is 10.0. The highest BCUT2D eigenvalue weighted by atomic mass is 16.5. The Morgan fingerprint density at radius 2 is 2.05 bits per heavy atom. The number of hydrogen-bond acceptors (Lipinski definition) is 4. The van der Waals surface area contributed by atoms with Crippen molar-refractivity contribution in [2.24, 2.45) is 5.73 Å². The number of carbonyl (C=O) groups is 1. The minimum absolute atomic E-state index is 0.0522. The van der Waals surface area contributed by atoms with E-state index in [4.69, 9.17) is 15.4 Å². The SMILES string of the molecule is N[C@@H](Cc1c(Cc2ccccc2)o[nH]c1=O)C(=O)O. The van der Waals surface area contributed by atoms with Gasteiger partial charge in [-0.1, -0.05) is 30.3 Å². The van der Waals surface area contributed by atoms with Gasteiger partial charge in [-0.3, -0.25) is 9.59 Å². The van der Waals surface area contributed by atoms with Crippen molar-refractivity contribution in [3.05, 3.63) is 57.6 Å². The van der Waals surface area contributed by atoms with E-state index >= 15 is 0 Å². The summed E-state index contributed by atoms with van der Waals surface area (Å²) in [5, 5.41) is 11.0. The van der Waals surface area contributed by atoms with Crippen LogP contribution in [0.1, 0.15) is 16.9 Å². The van der Waals surface area contributed by atoms with Crippen molar-refractivity contribution in [3.63, 3.8) is 0 Å². The van der Waals surface area contributed by atoms with Gasteiger partial charge in [0.05, 0.1) is 5.56 Å². The Balaban J connectivity index is 2.23. The number of benzene rings is 1. The van der Waals surface area contributed by atoms with Crippen LogP contribution in [0, 0.1) is 0 Å². The molecule has 0 radical (unpaired) electrons.